The van der Waals surface area contributed by atoms with E-state index in [9.17, 15) is 9.00 Å². The Balaban J connectivity index is 2.60. The topological polar surface area (TPSA) is 34.1 Å². The third-order valence-electron chi connectivity index (χ3n) is 2.43. The van der Waals surface area contributed by atoms with Crippen molar-refractivity contribution >= 4 is 16.6 Å². The first-order valence-corrected chi connectivity index (χ1v) is 6.64. The molecule has 3 heteroatoms. The monoisotopic (exact) mass is 214 g/mol. The molecule has 1 aliphatic carbocycles. The van der Waals surface area contributed by atoms with Gasteiger partial charge in [-0.15, -0.1) is 0 Å². The number of carbonyl (C=O) groups is 1. The van der Waals surface area contributed by atoms with E-state index in [1.54, 1.807) is 12.3 Å². The van der Waals surface area contributed by atoms with Gasteiger partial charge in [-0.3, -0.25) is 9.00 Å². The number of ketones is 1. The zero-order chi connectivity index (χ0) is 10.8. The van der Waals surface area contributed by atoms with E-state index in [-0.39, 0.29) is 11.2 Å². The van der Waals surface area contributed by atoms with Crippen molar-refractivity contribution in [3.63, 3.8) is 0 Å². The molecule has 0 radical (unpaired) electrons. The average Bonchev–Trinajstić information content (AvgIpc) is 1.96. The minimum absolute atomic E-state index is 0.0937. The number of hydrogen-bond acceptors (Lipinski definition) is 2. The van der Waals surface area contributed by atoms with Crippen molar-refractivity contribution in [1.82, 2.24) is 0 Å². The Morgan fingerprint density at radius 2 is 2.07 bits per heavy atom. The van der Waals surface area contributed by atoms with Gasteiger partial charge < -0.3 is 0 Å². The lowest BCUT2D eigenvalue weighted by atomic mass is 9.76. The highest BCUT2D eigenvalue weighted by molar-refractivity contribution is 7.84. The molecule has 0 saturated heterocycles. The molecule has 0 aromatic rings. The number of rotatable bonds is 3. The molecule has 1 aliphatic rings. The Morgan fingerprint density at radius 1 is 1.43 bits per heavy atom. The summed E-state index contributed by atoms with van der Waals surface area (Å²) in [7, 11) is -0.755. The summed E-state index contributed by atoms with van der Waals surface area (Å²) in [5.41, 5.74) is 1.26. The minimum atomic E-state index is -0.755. The van der Waals surface area contributed by atoms with Gasteiger partial charge in [0, 0.05) is 29.2 Å². The van der Waals surface area contributed by atoms with E-state index < -0.39 is 10.8 Å². The van der Waals surface area contributed by atoms with Crippen molar-refractivity contribution < 1.29 is 9.00 Å². The fourth-order valence-electron chi connectivity index (χ4n) is 1.91. The lowest BCUT2D eigenvalue weighted by Crippen LogP contribution is -2.22. The second-order valence-electron chi connectivity index (χ2n) is 4.81. The van der Waals surface area contributed by atoms with Crippen molar-refractivity contribution in [3.8, 4) is 0 Å². The van der Waals surface area contributed by atoms with Crippen LogP contribution in [0.1, 0.15) is 33.1 Å². The predicted octanol–water partition coefficient (Wildman–Crippen LogP) is 2.07. The van der Waals surface area contributed by atoms with E-state index in [0.717, 1.165) is 12.8 Å². The Morgan fingerprint density at radius 3 is 2.57 bits per heavy atom. The fourth-order valence-corrected chi connectivity index (χ4v) is 2.46. The normalized spacial score (nSPS) is 23.1. The Bertz CT molecular complexity index is 290. The van der Waals surface area contributed by atoms with E-state index in [1.807, 2.05) is 0 Å². The Labute approximate surface area is 88.2 Å². The summed E-state index contributed by atoms with van der Waals surface area (Å²) in [6, 6.07) is 0. The summed E-state index contributed by atoms with van der Waals surface area (Å²) in [5.74, 6) is 0.896. The molecular formula is C11H18O2S. The van der Waals surface area contributed by atoms with Crippen molar-refractivity contribution in [1.29, 1.82) is 0 Å². The van der Waals surface area contributed by atoms with Gasteiger partial charge in [0.25, 0.3) is 0 Å². The fraction of sp³-hybridized carbons (Fsp3) is 0.727. The molecule has 0 saturated carbocycles. The molecule has 80 valence electrons. The molecule has 0 aromatic heterocycles. The maximum absolute atomic E-state index is 11.4. The van der Waals surface area contributed by atoms with Gasteiger partial charge in [-0.25, -0.2) is 0 Å². The third-order valence-corrected chi connectivity index (χ3v) is 3.21. The van der Waals surface area contributed by atoms with Gasteiger partial charge in [0.15, 0.2) is 5.78 Å². The summed E-state index contributed by atoms with van der Waals surface area (Å²) in [4.78, 5) is 11.4. The third kappa shape index (κ3) is 3.74. The molecule has 0 heterocycles. The zero-order valence-electron chi connectivity index (χ0n) is 9.13. The van der Waals surface area contributed by atoms with Crippen molar-refractivity contribution in [2.45, 2.75) is 33.1 Å². The molecule has 1 rings (SSSR count). The van der Waals surface area contributed by atoms with Gasteiger partial charge in [-0.05, 0) is 24.3 Å². The molecule has 1 atom stereocenters. The lowest BCUT2D eigenvalue weighted by molar-refractivity contribution is -0.117. The maximum Gasteiger partial charge on any atom is 0.156 e. The van der Waals surface area contributed by atoms with Crippen LogP contribution in [0.25, 0.3) is 0 Å². The van der Waals surface area contributed by atoms with Gasteiger partial charge in [0.1, 0.15) is 0 Å². The quantitative estimate of drug-likeness (QED) is 0.720. The summed E-state index contributed by atoms with van der Waals surface area (Å²) in [5, 5.41) is 0. The Kier molecular flexibility index (Phi) is 3.65. The summed E-state index contributed by atoms with van der Waals surface area (Å²) in [6.45, 7) is 4.22. The molecule has 0 N–H and O–H groups in total. The van der Waals surface area contributed by atoms with Crippen LogP contribution in [0.3, 0.4) is 0 Å². The highest BCUT2D eigenvalue weighted by Gasteiger charge is 2.26. The van der Waals surface area contributed by atoms with Crippen molar-refractivity contribution in [2.75, 3.05) is 12.0 Å². The van der Waals surface area contributed by atoms with Crippen LogP contribution in [0.5, 0.6) is 0 Å². The smallest absolute Gasteiger partial charge is 0.156 e. The number of allylic oxidation sites excluding steroid dienone is 2. The maximum atomic E-state index is 11.4. The summed E-state index contributed by atoms with van der Waals surface area (Å²) in [6.07, 6.45) is 5.87. The Hall–Kier alpha value is -0.440. The van der Waals surface area contributed by atoms with Crippen molar-refractivity contribution in [2.24, 2.45) is 5.41 Å². The van der Waals surface area contributed by atoms with Gasteiger partial charge in [-0.2, -0.15) is 0 Å². The van der Waals surface area contributed by atoms with E-state index in [0.29, 0.717) is 12.2 Å². The number of carbonyl (C=O) groups excluding carboxylic acids is 1. The van der Waals surface area contributed by atoms with E-state index >= 15 is 0 Å². The minimum Gasteiger partial charge on any atom is -0.295 e. The predicted molar refractivity (Wildman–Crippen MR) is 59.7 cm³/mol. The van der Waals surface area contributed by atoms with Gasteiger partial charge >= 0.3 is 0 Å². The average molecular weight is 214 g/mol. The van der Waals surface area contributed by atoms with Gasteiger partial charge in [0.2, 0.25) is 0 Å². The van der Waals surface area contributed by atoms with Crippen LogP contribution in [0.4, 0.5) is 0 Å². The largest absolute Gasteiger partial charge is 0.295 e. The van der Waals surface area contributed by atoms with Crippen LogP contribution < -0.4 is 0 Å². The van der Waals surface area contributed by atoms with Crippen LogP contribution in [0, 0.1) is 5.41 Å². The van der Waals surface area contributed by atoms with E-state index in [1.165, 1.54) is 5.57 Å². The van der Waals surface area contributed by atoms with Crippen LogP contribution in [0.15, 0.2) is 11.6 Å². The SMILES string of the molecule is CS(=O)CCC1=CC(=O)CC(C)(C)C1. The highest BCUT2D eigenvalue weighted by Crippen LogP contribution is 2.34. The second kappa shape index (κ2) is 4.39. The molecular weight excluding hydrogens is 196 g/mol. The second-order valence-corrected chi connectivity index (χ2v) is 6.37. The van der Waals surface area contributed by atoms with Crippen LogP contribution in [-0.4, -0.2) is 22.0 Å². The van der Waals surface area contributed by atoms with E-state index in [2.05, 4.69) is 13.8 Å². The molecule has 14 heavy (non-hydrogen) atoms. The molecule has 0 fully saturated rings. The van der Waals surface area contributed by atoms with Crippen molar-refractivity contribution in [3.05, 3.63) is 11.6 Å². The van der Waals surface area contributed by atoms with Crippen LogP contribution in [0.2, 0.25) is 0 Å². The molecule has 1 unspecified atom stereocenters. The summed E-state index contributed by atoms with van der Waals surface area (Å²) >= 11 is 0. The zero-order valence-corrected chi connectivity index (χ0v) is 9.95. The molecule has 0 spiro atoms. The first kappa shape index (κ1) is 11.6. The van der Waals surface area contributed by atoms with Gasteiger partial charge in [0.05, 0.1) is 0 Å². The van der Waals surface area contributed by atoms with E-state index in [4.69, 9.17) is 0 Å². The highest BCUT2D eigenvalue weighted by atomic mass is 32.2. The first-order valence-electron chi connectivity index (χ1n) is 4.91. The summed E-state index contributed by atoms with van der Waals surface area (Å²) < 4.78 is 10.9. The van der Waals surface area contributed by atoms with Crippen LogP contribution >= 0.6 is 0 Å². The molecule has 0 aromatic carbocycles. The molecule has 0 amide bonds. The van der Waals surface area contributed by atoms with Crippen LogP contribution in [-0.2, 0) is 15.6 Å². The first-order chi connectivity index (χ1) is 6.39. The molecule has 0 bridgehead atoms. The molecule has 0 aliphatic heterocycles. The number of hydrogen-bond donors (Lipinski definition) is 0. The van der Waals surface area contributed by atoms with Gasteiger partial charge in [-0.1, -0.05) is 19.4 Å². The standard InChI is InChI=1S/C11H18O2S/c1-11(2)7-9(4-5-14(3)13)6-10(12)8-11/h6H,4-5,7-8H2,1-3H3. The molecule has 2 nitrogen and oxygen atoms in total. The lowest BCUT2D eigenvalue weighted by Gasteiger charge is -2.28.